The molecule has 0 fully saturated rings. The first-order chi connectivity index (χ1) is 13.7. The van der Waals surface area contributed by atoms with Crippen molar-refractivity contribution in [3.05, 3.63) is 68.5 Å². The Labute approximate surface area is 167 Å². The highest BCUT2D eigenvalue weighted by molar-refractivity contribution is 5.98. The summed E-state index contributed by atoms with van der Waals surface area (Å²) in [6.07, 6.45) is 1.37. The van der Waals surface area contributed by atoms with E-state index >= 15 is 0 Å². The minimum atomic E-state index is -0.638. The molecule has 0 bridgehead atoms. The lowest BCUT2D eigenvalue weighted by Gasteiger charge is -2.08. The van der Waals surface area contributed by atoms with Gasteiger partial charge in [-0.1, -0.05) is 6.07 Å². The first kappa shape index (κ1) is 20.3. The lowest BCUT2D eigenvalue weighted by Crippen LogP contribution is -2.17. The number of aryl methyl sites for hydroxylation is 2. The van der Waals surface area contributed by atoms with Gasteiger partial charge in [-0.2, -0.15) is 0 Å². The summed E-state index contributed by atoms with van der Waals surface area (Å²) in [6.45, 7) is 8.54. The van der Waals surface area contributed by atoms with Gasteiger partial charge in [-0.3, -0.25) is 9.20 Å². The number of ether oxygens (including phenoxy) is 2. The van der Waals surface area contributed by atoms with E-state index in [1.54, 1.807) is 40.0 Å². The molecule has 0 aliphatic heterocycles. The van der Waals surface area contributed by atoms with Crippen molar-refractivity contribution in [3.8, 4) is 0 Å². The number of aromatic amines is 1. The molecule has 0 saturated heterocycles. The summed E-state index contributed by atoms with van der Waals surface area (Å²) in [4.78, 5) is 44.4. The quantitative estimate of drug-likeness (QED) is 0.664. The van der Waals surface area contributed by atoms with Crippen LogP contribution in [-0.2, 0) is 16.1 Å². The molecule has 0 atom stereocenters. The van der Waals surface area contributed by atoms with E-state index in [1.165, 1.54) is 10.5 Å². The Morgan fingerprint density at radius 1 is 1.21 bits per heavy atom. The normalized spacial score (nSPS) is 11.1. The van der Waals surface area contributed by atoms with Crippen molar-refractivity contribution in [3.63, 3.8) is 0 Å². The summed E-state index contributed by atoms with van der Waals surface area (Å²) in [5.74, 6) is -1.13. The maximum absolute atomic E-state index is 12.5. The molecule has 1 N–H and O–H groups in total. The topological polar surface area (TPSA) is 103 Å². The summed E-state index contributed by atoms with van der Waals surface area (Å²) >= 11 is 0. The number of hydrogen-bond acceptors (Lipinski definition) is 6. The second-order valence-electron chi connectivity index (χ2n) is 7.13. The van der Waals surface area contributed by atoms with Crippen molar-refractivity contribution in [1.82, 2.24) is 14.4 Å². The summed E-state index contributed by atoms with van der Waals surface area (Å²) in [6, 6.07) is 4.95. The van der Waals surface area contributed by atoms with Gasteiger partial charge in [0, 0.05) is 18.0 Å². The van der Waals surface area contributed by atoms with Crippen LogP contribution in [0.4, 0.5) is 0 Å². The van der Waals surface area contributed by atoms with Crippen molar-refractivity contribution < 1.29 is 19.1 Å². The van der Waals surface area contributed by atoms with Crippen molar-refractivity contribution in [1.29, 1.82) is 0 Å². The number of fused-ring (bicyclic) bond motifs is 1. The SMILES string of the molecule is Cc1[nH]c(C(=O)OCc2cc(=O)n3cccc(C)c3n2)c(C)c1C(=O)OC(C)C. The van der Waals surface area contributed by atoms with Crippen LogP contribution in [-0.4, -0.2) is 32.4 Å². The fraction of sp³-hybridized carbons (Fsp3) is 0.333. The second-order valence-corrected chi connectivity index (χ2v) is 7.13. The average Bonchev–Trinajstić information content (AvgIpc) is 2.94. The van der Waals surface area contributed by atoms with Gasteiger partial charge in [-0.15, -0.1) is 0 Å². The number of aromatic nitrogens is 3. The van der Waals surface area contributed by atoms with E-state index in [2.05, 4.69) is 9.97 Å². The Balaban J connectivity index is 1.82. The molecule has 0 aromatic carbocycles. The predicted octanol–water partition coefficient (Wildman–Crippen LogP) is 2.87. The van der Waals surface area contributed by atoms with Gasteiger partial charge >= 0.3 is 11.9 Å². The van der Waals surface area contributed by atoms with Gasteiger partial charge in [0.1, 0.15) is 17.9 Å². The molecule has 0 aliphatic rings. The zero-order valence-electron chi connectivity index (χ0n) is 17.0. The van der Waals surface area contributed by atoms with Crippen LogP contribution in [0.2, 0.25) is 0 Å². The molecule has 0 amide bonds. The molecule has 0 unspecified atom stereocenters. The van der Waals surface area contributed by atoms with E-state index in [0.29, 0.717) is 28.2 Å². The highest BCUT2D eigenvalue weighted by atomic mass is 16.5. The van der Waals surface area contributed by atoms with E-state index < -0.39 is 11.9 Å². The summed E-state index contributed by atoms with van der Waals surface area (Å²) in [5, 5.41) is 0. The largest absolute Gasteiger partial charge is 0.459 e. The number of nitrogens with one attached hydrogen (secondary N) is 1. The number of H-pyrrole nitrogens is 1. The molecule has 0 saturated carbocycles. The van der Waals surface area contributed by atoms with Crippen LogP contribution in [0.5, 0.6) is 0 Å². The smallest absolute Gasteiger partial charge is 0.355 e. The maximum Gasteiger partial charge on any atom is 0.355 e. The summed E-state index contributed by atoms with van der Waals surface area (Å²) in [7, 11) is 0. The fourth-order valence-electron chi connectivity index (χ4n) is 3.13. The van der Waals surface area contributed by atoms with Crippen LogP contribution in [0.3, 0.4) is 0 Å². The lowest BCUT2D eigenvalue weighted by atomic mass is 10.1. The van der Waals surface area contributed by atoms with Crippen LogP contribution in [0.1, 0.15) is 57.2 Å². The second kappa shape index (κ2) is 7.90. The number of rotatable bonds is 5. The Morgan fingerprint density at radius 2 is 1.93 bits per heavy atom. The monoisotopic (exact) mass is 397 g/mol. The molecular formula is C21H23N3O5. The highest BCUT2D eigenvalue weighted by Crippen LogP contribution is 2.20. The minimum absolute atomic E-state index is 0.164. The summed E-state index contributed by atoms with van der Waals surface area (Å²) < 4.78 is 12.0. The van der Waals surface area contributed by atoms with Gasteiger partial charge < -0.3 is 14.5 Å². The van der Waals surface area contributed by atoms with Gasteiger partial charge in [0.05, 0.1) is 17.4 Å². The van der Waals surface area contributed by atoms with Gasteiger partial charge in [0.2, 0.25) is 0 Å². The molecule has 29 heavy (non-hydrogen) atoms. The molecule has 3 heterocycles. The summed E-state index contributed by atoms with van der Waals surface area (Å²) in [5.41, 5.74) is 2.92. The van der Waals surface area contributed by atoms with Crippen LogP contribution in [0.15, 0.2) is 29.2 Å². The third kappa shape index (κ3) is 4.06. The number of hydrogen-bond donors (Lipinski definition) is 1. The van der Waals surface area contributed by atoms with Crippen molar-refractivity contribution in [2.75, 3.05) is 0 Å². The number of pyridine rings is 1. The van der Waals surface area contributed by atoms with Crippen molar-refractivity contribution in [2.45, 2.75) is 47.3 Å². The van der Waals surface area contributed by atoms with Crippen LogP contribution >= 0.6 is 0 Å². The molecule has 8 heteroatoms. The van der Waals surface area contributed by atoms with Crippen molar-refractivity contribution in [2.24, 2.45) is 0 Å². The highest BCUT2D eigenvalue weighted by Gasteiger charge is 2.24. The van der Waals surface area contributed by atoms with Gasteiger partial charge in [0.15, 0.2) is 0 Å². The molecule has 0 aliphatic carbocycles. The zero-order valence-corrected chi connectivity index (χ0v) is 17.0. The number of carbonyl (C=O) groups is 2. The molecule has 3 rings (SSSR count). The maximum atomic E-state index is 12.5. The number of nitrogens with zero attached hydrogens (tertiary/aromatic N) is 2. The molecule has 0 radical (unpaired) electrons. The number of esters is 2. The Bertz CT molecular complexity index is 1160. The molecule has 8 nitrogen and oxygen atoms in total. The Kier molecular flexibility index (Phi) is 5.54. The van der Waals surface area contributed by atoms with Gasteiger partial charge in [-0.05, 0) is 51.8 Å². The van der Waals surface area contributed by atoms with Crippen LogP contribution in [0.25, 0.3) is 5.65 Å². The number of carbonyl (C=O) groups excluding carboxylic acids is 2. The van der Waals surface area contributed by atoms with E-state index in [0.717, 1.165) is 5.56 Å². The fourth-order valence-corrected chi connectivity index (χ4v) is 3.13. The average molecular weight is 397 g/mol. The third-order valence-electron chi connectivity index (χ3n) is 4.48. The molecule has 0 spiro atoms. The first-order valence-corrected chi connectivity index (χ1v) is 9.24. The first-order valence-electron chi connectivity index (χ1n) is 9.24. The molecule has 3 aromatic heterocycles. The van der Waals surface area contributed by atoms with E-state index in [4.69, 9.17) is 9.47 Å². The van der Waals surface area contributed by atoms with Crippen LogP contribution in [0, 0.1) is 20.8 Å². The van der Waals surface area contributed by atoms with E-state index in [9.17, 15) is 14.4 Å². The van der Waals surface area contributed by atoms with E-state index in [-0.39, 0.29) is 24.0 Å². The zero-order chi connectivity index (χ0) is 21.3. The molecular weight excluding hydrogens is 374 g/mol. The minimum Gasteiger partial charge on any atom is -0.459 e. The third-order valence-corrected chi connectivity index (χ3v) is 4.48. The van der Waals surface area contributed by atoms with Crippen LogP contribution < -0.4 is 5.56 Å². The Morgan fingerprint density at radius 3 is 2.62 bits per heavy atom. The molecule has 3 aromatic rings. The Hall–Kier alpha value is -3.42. The molecule has 152 valence electrons. The van der Waals surface area contributed by atoms with Gasteiger partial charge in [-0.25, -0.2) is 14.6 Å². The van der Waals surface area contributed by atoms with E-state index in [1.807, 2.05) is 13.0 Å². The lowest BCUT2D eigenvalue weighted by molar-refractivity contribution is 0.0376. The van der Waals surface area contributed by atoms with Crippen molar-refractivity contribution >= 4 is 17.6 Å². The predicted molar refractivity (Wildman–Crippen MR) is 106 cm³/mol. The van der Waals surface area contributed by atoms with Gasteiger partial charge in [0.25, 0.3) is 5.56 Å². The standard InChI is InChI=1S/C21H23N3O5/c1-11(2)29-20(26)17-13(4)18(22-14(17)5)21(27)28-10-15-9-16(25)24-8-6-7-12(3)19(24)23-15/h6-9,11,22H,10H2,1-5H3.